The minimum Gasteiger partial charge on any atom is -0.394 e. The lowest BCUT2D eigenvalue weighted by Crippen LogP contribution is -2.33. The van der Waals surface area contributed by atoms with Crippen molar-refractivity contribution in [2.45, 2.75) is 62.3 Å². The highest BCUT2D eigenvalue weighted by molar-refractivity contribution is 5.84. The molecule has 2 aromatic rings. The van der Waals surface area contributed by atoms with Crippen LogP contribution in [0.1, 0.15) is 31.9 Å². The normalized spacial score (nSPS) is 31.5. The molecule has 0 bridgehead atoms. The first kappa shape index (κ1) is 16.2. The molecule has 2 aromatic heterocycles. The van der Waals surface area contributed by atoms with Crippen LogP contribution in [0.25, 0.3) is 11.2 Å². The van der Waals surface area contributed by atoms with Gasteiger partial charge in [0.1, 0.15) is 18.3 Å². The Kier molecular flexibility index (Phi) is 3.74. The SMILES string of the molecule is OC[C@H]1O[C@@H](n2cnc3c(NC4CC4)nc(NC4CC4)nc32)[C@H](O)[C@@H]1O. The molecule has 3 aliphatic rings. The number of aromatic nitrogens is 4. The first-order chi connectivity index (χ1) is 12.6. The molecule has 0 spiro atoms. The lowest BCUT2D eigenvalue weighted by Gasteiger charge is -2.17. The highest BCUT2D eigenvalue weighted by Gasteiger charge is 2.44. The lowest BCUT2D eigenvalue weighted by molar-refractivity contribution is -0.0511. The minimum atomic E-state index is -1.18. The minimum absolute atomic E-state index is 0.376. The van der Waals surface area contributed by atoms with Gasteiger partial charge in [-0.05, 0) is 25.7 Å². The molecule has 10 heteroatoms. The topological polar surface area (TPSA) is 138 Å². The standard InChI is InChI=1S/C16H22N6O4/c23-5-9-11(24)12(25)15(26-9)22-6-17-10-13(18-7-1-2-7)20-16(21-14(10)22)19-8-3-4-8/h6-9,11-12,15,23-25H,1-5H2,(H2,18,19,20,21)/t9-,11-,12-,15-/m1/s1. The maximum Gasteiger partial charge on any atom is 0.227 e. The summed E-state index contributed by atoms with van der Waals surface area (Å²) >= 11 is 0. The molecule has 0 amide bonds. The van der Waals surface area contributed by atoms with Crippen LogP contribution < -0.4 is 10.6 Å². The van der Waals surface area contributed by atoms with Gasteiger partial charge in [-0.2, -0.15) is 9.97 Å². The van der Waals surface area contributed by atoms with Crippen LogP contribution in [-0.2, 0) is 4.74 Å². The summed E-state index contributed by atoms with van der Waals surface area (Å²) in [5, 5.41) is 36.4. The number of anilines is 2. The number of fused-ring (bicyclic) bond motifs is 1. The summed E-state index contributed by atoms with van der Waals surface area (Å²) in [6.07, 6.45) is 1.86. The number of hydrogen-bond donors (Lipinski definition) is 5. The highest BCUT2D eigenvalue weighted by atomic mass is 16.6. The van der Waals surface area contributed by atoms with Crippen LogP contribution in [0.4, 0.5) is 11.8 Å². The summed E-state index contributed by atoms with van der Waals surface area (Å²) in [6, 6.07) is 0.799. The van der Waals surface area contributed by atoms with Crippen molar-refractivity contribution < 1.29 is 20.1 Å². The van der Waals surface area contributed by atoms with Crippen LogP contribution in [0.2, 0.25) is 0 Å². The first-order valence-corrected chi connectivity index (χ1v) is 9.04. The molecule has 0 aromatic carbocycles. The average molecular weight is 362 g/mol. The number of aliphatic hydroxyl groups excluding tert-OH is 3. The van der Waals surface area contributed by atoms with Gasteiger partial charge in [-0.3, -0.25) is 4.57 Å². The number of imidazole rings is 1. The molecule has 2 saturated carbocycles. The van der Waals surface area contributed by atoms with Crippen LogP contribution in [-0.4, -0.2) is 71.8 Å². The Morgan fingerprint density at radius 3 is 2.46 bits per heavy atom. The van der Waals surface area contributed by atoms with Gasteiger partial charge in [0.15, 0.2) is 23.2 Å². The summed E-state index contributed by atoms with van der Waals surface area (Å²) in [6.45, 7) is -0.376. The first-order valence-electron chi connectivity index (χ1n) is 9.04. The second-order valence-electron chi connectivity index (χ2n) is 7.29. The molecule has 26 heavy (non-hydrogen) atoms. The third-order valence-electron chi connectivity index (χ3n) is 5.04. The third-order valence-corrected chi connectivity index (χ3v) is 5.04. The zero-order valence-electron chi connectivity index (χ0n) is 14.1. The Morgan fingerprint density at radius 1 is 1.08 bits per heavy atom. The van der Waals surface area contributed by atoms with Crippen molar-refractivity contribution in [2.24, 2.45) is 0 Å². The van der Waals surface area contributed by atoms with E-state index < -0.39 is 24.5 Å². The van der Waals surface area contributed by atoms with Crippen molar-refractivity contribution >= 4 is 22.9 Å². The van der Waals surface area contributed by atoms with E-state index in [1.165, 1.54) is 6.33 Å². The van der Waals surface area contributed by atoms with Crippen molar-refractivity contribution in [1.82, 2.24) is 19.5 Å². The number of nitrogens with zero attached hydrogens (tertiary/aromatic N) is 4. The predicted molar refractivity (Wildman–Crippen MR) is 91.6 cm³/mol. The second-order valence-corrected chi connectivity index (χ2v) is 7.29. The molecule has 3 fully saturated rings. The third kappa shape index (κ3) is 2.78. The molecule has 1 saturated heterocycles. The number of nitrogens with one attached hydrogen (secondary N) is 2. The smallest absolute Gasteiger partial charge is 0.227 e. The summed E-state index contributed by atoms with van der Waals surface area (Å²) in [5.74, 6) is 1.17. The van der Waals surface area contributed by atoms with Gasteiger partial charge in [-0.15, -0.1) is 0 Å². The van der Waals surface area contributed by atoms with Crippen molar-refractivity contribution in [3.8, 4) is 0 Å². The molecule has 1 aliphatic heterocycles. The van der Waals surface area contributed by atoms with E-state index in [0.717, 1.165) is 25.7 Å². The lowest BCUT2D eigenvalue weighted by atomic mass is 10.1. The fraction of sp³-hybridized carbons (Fsp3) is 0.688. The molecule has 4 atom stereocenters. The van der Waals surface area contributed by atoms with Crippen LogP contribution >= 0.6 is 0 Å². The Bertz CT molecular complexity index is 820. The second kappa shape index (κ2) is 6.02. The Morgan fingerprint density at radius 2 is 1.81 bits per heavy atom. The zero-order chi connectivity index (χ0) is 17.8. The van der Waals surface area contributed by atoms with Crippen molar-refractivity contribution in [2.75, 3.05) is 17.2 Å². The van der Waals surface area contributed by atoms with Crippen LogP contribution in [0.15, 0.2) is 6.33 Å². The Balaban J connectivity index is 1.55. The number of rotatable bonds is 6. The van der Waals surface area contributed by atoms with E-state index in [-0.39, 0.29) is 6.61 Å². The molecule has 5 rings (SSSR count). The Hall–Kier alpha value is -2.01. The molecular formula is C16H22N6O4. The molecule has 0 unspecified atom stereocenters. The van der Waals surface area contributed by atoms with E-state index in [1.807, 2.05) is 0 Å². The quantitative estimate of drug-likeness (QED) is 0.464. The number of ether oxygens (including phenoxy) is 1. The van der Waals surface area contributed by atoms with Gasteiger partial charge in [0.05, 0.1) is 12.9 Å². The average Bonchev–Trinajstić information content (AvgIpc) is 3.55. The molecule has 10 nitrogen and oxygen atoms in total. The van der Waals surface area contributed by atoms with Crippen molar-refractivity contribution in [1.29, 1.82) is 0 Å². The molecule has 5 N–H and O–H groups in total. The van der Waals surface area contributed by atoms with E-state index in [2.05, 4.69) is 25.6 Å². The molecule has 140 valence electrons. The zero-order valence-corrected chi connectivity index (χ0v) is 14.1. The molecular weight excluding hydrogens is 340 g/mol. The van der Waals surface area contributed by atoms with Gasteiger partial charge in [0.2, 0.25) is 5.95 Å². The maximum absolute atomic E-state index is 10.3. The fourth-order valence-electron chi connectivity index (χ4n) is 3.21. The maximum atomic E-state index is 10.3. The van der Waals surface area contributed by atoms with Crippen LogP contribution in [0.3, 0.4) is 0 Å². The summed E-state index contributed by atoms with van der Waals surface area (Å²) in [4.78, 5) is 13.5. The molecule has 0 radical (unpaired) electrons. The number of aliphatic hydroxyl groups is 3. The number of hydrogen-bond acceptors (Lipinski definition) is 9. The fourth-order valence-corrected chi connectivity index (χ4v) is 3.21. The summed E-state index contributed by atoms with van der Waals surface area (Å²) < 4.78 is 7.22. The molecule has 3 heterocycles. The van der Waals surface area contributed by atoms with Gasteiger partial charge in [-0.1, -0.05) is 0 Å². The largest absolute Gasteiger partial charge is 0.394 e. The van der Waals surface area contributed by atoms with Crippen molar-refractivity contribution in [3.63, 3.8) is 0 Å². The van der Waals surface area contributed by atoms with E-state index in [4.69, 9.17) is 4.74 Å². The van der Waals surface area contributed by atoms with E-state index in [0.29, 0.717) is 35.0 Å². The van der Waals surface area contributed by atoms with E-state index in [1.54, 1.807) is 4.57 Å². The van der Waals surface area contributed by atoms with E-state index >= 15 is 0 Å². The van der Waals surface area contributed by atoms with Crippen LogP contribution in [0.5, 0.6) is 0 Å². The summed E-state index contributed by atoms with van der Waals surface area (Å²) in [7, 11) is 0. The van der Waals surface area contributed by atoms with Gasteiger partial charge in [0.25, 0.3) is 0 Å². The van der Waals surface area contributed by atoms with Crippen molar-refractivity contribution in [3.05, 3.63) is 6.33 Å². The van der Waals surface area contributed by atoms with Gasteiger partial charge < -0.3 is 30.7 Å². The Labute approximate surface area is 149 Å². The predicted octanol–water partition coefficient (Wildman–Crippen LogP) is -0.414. The van der Waals surface area contributed by atoms with Gasteiger partial charge in [-0.25, -0.2) is 4.98 Å². The molecule has 2 aliphatic carbocycles. The van der Waals surface area contributed by atoms with Gasteiger partial charge >= 0.3 is 0 Å². The van der Waals surface area contributed by atoms with Gasteiger partial charge in [0, 0.05) is 12.1 Å². The van der Waals surface area contributed by atoms with E-state index in [9.17, 15) is 15.3 Å². The highest BCUT2D eigenvalue weighted by Crippen LogP contribution is 2.34. The monoisotopic (exact) mass is 362 g/mol. The summed E-state index contributed by atoms with van der Waals surface area (Å²) in [5.41, 5.74) is 1.11. The van der Waals surface area contributed by atoms with Crippen LogP contribution in [0, 0.1) is 0 Å².